The van der Waals surface area contributed by atoms with E-state index in [1.165, 1.54) is 21.4 Å². The van der Waals surface area contributed by atoms with E-state index in [1.54, 1.807) is 11.3 Å². The molecule has 0 fully saturated rings. The van der Waals surface area contributed by atoms with Gasteiger partial charge in [-0.1, -0.05) is 72.8 Å². The third-order valence-corrected chi connectivity index (χ3v) is 8.59. The third kappa shape index (κ3) is 5.43. The highest BCUT2D eigenvalue weighted by atomic mass is 32.2. The lowest BCUT2D eigenvalue weighted by Crippen LogP contribution is -2.27. The maximum atomic E-state index is 12.9. The number of para-hydroxylation sites is 1. The Bertz CT molecular complexity index is 1230. The number of aromatic nitrogens is 1. The van der Waals surface area contributed by atoms with Gasteiger partial charge < -0.3 is 4.74 Å². The summed E-state index contributed by atoms with van der Waals surface area (Å²) in [5, 5.41) is 1.26. The van der Waals surface area contributed by atoms with Gasteiger partial charge in [0.15, 0.2) is 0 Å². The summed E-state index contributed by atoms with van der Waals surface area (Å²) in [7, 11) is 0. The van der Waals surface area contributed by atoms with Gasteiger partial charge in [0.05, 0.1) is 26.4 Å². The molecule has 0 spiro atoms. The second-order valence-electron chi connectivity index (χ2n) is 8.44. The van der Waals surface area contributed by atoms with Crippen LogP contribution in [0.25, 0.3) is 10.2 Å². The standard InChI is InChI=1S/C29H27NO2S2/c31-29-24(14-9-17-27-30-25-15-7-8-16-26(25)34-27)23(18-19-32-29)28(22-12-5-2-6-13-22)33-20-21-10-3-1-4-11-21/h1-8,10-13,15-16,18,24,28H,9,14,17,19-20H2. The van der Waals surface area contributed by atoms with Crippen molar-refractivity contribution in [2.45, 2.75) is 30.3 Å². The summed E-state index contributed by atoms with van der Waals surface area (Å²) in [5.74, 6) is 0.588. The van der Waals surface area contributed by atoms with Crippen molar-refractivity contribution in [3.63, 3.8) is 0 Å². The van der Waals surface area contributed by atoms with E-state index in [2.05, 4.69) is 72.8 Å². The van der Waals surface area contributed by atoms with Crippen molar-refractivity contribution in [3.8, 4) is 0 Å². The predicted molar refractivity (Wildman–Crippen MR) is 142 cm³/mol. The van der Waals surface area contributed by atoms with E-state index in [9.17, 15) is 4.79 Å². The number of cyclic esters (lactones) is 1. The van der Waals surface area contributed by atoms with Crippen LogP contribution in [0.4, 0.5) is 0 Å². The lowest BCUT2D eigenvalue weighted by atomic mass is 9.87. The molecule has 34 heavy (non-hydrogen) atoms. The van der Waals surface area contributed by atoms with Gasteiger partial charge in [-0.15, -0.1) is 23.1 Å². The minimum absolute atomic E-state index is 0.0944. The highest BCUT2D eigenvalue weighted by molar-refractivity contribution is 7.99. The summed E-state index contributed by atoms with van der Waals surface area (Å²) in [4.78, 5) is 17.7. The molecule has 3 aromatic carbocycles. The fraction of sp³-hybridized carbons (Fsp3) is 0.241. The predicted octanol–water partition coefficient (Wildman–Crippen LogP) is 7.39. The summed E-state index contributed by atoms with van der Waals surface area (Å²) in [6.07, 6.45) is 4.70. The third-order valence-electron chi connectivity index (χ3n) is 6.12. The molecule has 0 amide bonds. The molecular formula is C29H27NO2S2. The summed E-state index contributed by atoms with van der Waals surface area (Å²) >= 11 is 3.63. The second kappa shape index (κ2) is 11.0. The van der Waals surface area contributed by atoms with Crippen molar-refractivity contribution in [3.05, 3.63) is 113 Å². The molecule has 3 nitrogen and oxygen atoms in total. The number of hydrogen-bond donors (Lipinski definition) is 0. The van der Waals surface area contributed by atoms with Crippen molar-refractivity contribution >= 4 is 39.3 Å². The number of fused-ring (bicyclic) bond motifs is 1. The molecule has 0 radical (unpaired) electrons. The van der Waals surface area contributed by atoms with Crippen LogP contribution < -0.4 is 0 Å². The van der Waals surface area contributed by atoms with E-state index >= 15 is 0 Å². The number of thiazole rings is 1. The maximum Gasteiger partial charge on any atom is 0.313 e. The SMILES string of the molecule is O=C1OCC=C(C(SCc2ccccc2)c2ccccc2)C1CCCc1nc2ccccc2s1. The number of esters is 1. The van der Waals surface area contributed by atoms with Crippen molar-refractivity contribution in [1.29, 1.82) is 0 Å². The van der Waals surface area contributed by atoms with Crippen molar-refractivity contribution in [1.82, 2.24) is 4.98 Å². The van der Waals surface area contributed by atoms with Crippen LogP contribution in [-0.4, -0.2) is 17.6 Å². The number of carbonyl (C=O) groups is 1. The Kier molecular flexibility index (Phi) is 7.42. The first-order valence-electron chi connectivity index (χ1n) is 11.7. The van der Waals surface area contributed by atoms with Crippen molar-refractivity contribution in [2.75, 3.05) is 6.61 Å². The number of rotatable bonds is 9. The Morgan fingerprint density at radius 1 is 0.971 bits per heavy atom. The molecule has 0 saturated heterocycles. The van der Waals surface area contributed by atoms with Gasteiger partial charge in [0.1, 0.15) is 6.61 Å². The highest BCUT2D eigenvalue weighted by Crippen LogP contribution is 2.43. The van der Waals surface area contributed by atoms with Crippen LogP contribution in [0.15, 0.2) is 96.6 Å². The Balaban J connectivity index is 1.33. The Hall–Kier alpha value is -2.89. The Morgan fingerprint density at radius 3 is 2.50 bits per heavy atom. The van der Waals surface area contributed by atoms with E-state index in [0.29, 0.717) is 6.61 Å². The molecule has 2 atom stereocenters. The van der Waals surface area contributed by atoms with Crippen LogP contribution in [0.3, 0.4) is 0 Å². The van der Waals surface area contributed by atoms with Crippen molar-refractivity contribution in [2.24, 2.45) is 5.92 Å². The number of thioether (sulfide) groups is 1. The monoisotopic (exact) mass is 485 g/mol. The fourth-order valence-electron chi connectivity index (χ4n) is 4.42. The van der Waals surface area contributed by atoms with Gasteiger partial charge >= 0.3 is 5.97 Å². The molecule has 0 aliphatic carbocycles. The molecule has 5 heteroatoms. The first kappa shape index (κ1) is 22.9. The van der Waals surface area contributed by atoms with E-state index in [-0.39, 0.29) is 17.1 Å². The molecule has 1 aliphatic heterocycles. The number of hydrogen-bond acceptors (Lipinski definition) is 5. The summed E-state index contributed by atoms with van der Waals surface area (Å²) < 4.78 is 6.70. The zero-order valence-electron chi connectivity index (χ0n) is 18.9. The van der Waals surface area contributed by atoms with E-state index in [4.69, 9.17) is 9.72 Å². The molecule has 0 N–H and O–H groups in total. The minimum atomic E-state index is -0.211. The lowest BCUT2D eigenvalue weighted by Gasteiger charge is -2.29. The van der Waals surface area contributed by atoms with Crippen LogP contribution in [0.2, 0.25) is 0 Å². The highest BCUT2D eigenvalue weighted by Gasteiger charge is 2.33. The normalized spacial score (nSPS) is 16.8. The van der Waals surface area contributed by atoms with Crippen LogP contribution in [0, 0.1) is 5.92 Å². The molecule has 0 saturated carbocycles. The largest absolute Gasteiger partial charge is 0.461 e. The van der Waals surface area contributed by atoms with Crippen molar-refractivity contribution < 1.29 is 9.53 Å². The number of benzene rings is 3. The van der Waals surface area contributed by atoms with Gasteiger partial charge in [-0.25, -0.2) is 4.98 Å². The zero-order chi connectivity index (χ0) is 23.2. The lowest BCUT2D eigenvalue weighted by molar-refractivity contribution is -0.147. The molecule has 1 aromatic heterocycles. The van der Waals surface area contributed by atoms with Gasteiger partial charge in [0.25, 0.3) is 0 Å². The molecule has 2 heterocycles. The van der Waals surface area contributed by atoms with Gasteiger partial charge in [-0.2, -0.15) is 0 Å². The van der Waals surface area contributed by atoms with Crippen LogP contribution >= 0.6 is 23.1 Å². The summed E-state index contributed by atoms with van der Waals surface area (Å²) in [6, 6.07) is 29.3. The number of nitrogens with zero attached hydrogens (tertiary/aromatic N) is 1. The number of carbonyl (C=O) groups excluding carboxylic acids is 1. The molecule has 4 aromatic rings. The molecule has 5 rings (SSSR count). The quantitative estimate of drug-likeness (QED) is 0.183. The van der Waals surface area contributed by atoms with Gasteiger partial charge in [0, 0.05) is 5.75 Å². The molecular weight excluding hydrogens is 458 g/mol. The van der Waals surface area contributed by atoms with E-state index in [0.717, 1.165) is 35.5 Å². The number of aryl methyl sites for hydroxylation is 1. The first-order valence-corrected chi connectivity index (χ1v) is 13.6. The summed E-state index contributed by atoms with van der Waals surface area (Å²) in [5.41, 5.74) is 4.77. The van der Waals surface area contributed by atoms with Crippen LogP contribution in [0.5, 0.6) is 0 Å². The second-order valence-corrected chi connectivity index (χ2v) is 10.7. The Labute approximate surface area is 208 Å². The fourth-order valence-corrected chi connectivity index (χ4v) is 6.79. The van der Waals surface area contributed by atoms with Crippen LogP contribution in [-0.2, 0) is 21.7 Å². The molecule has 2 unspecified atom stereocenters. The average molecular weight is 486 g/mol. The van der Waals surface area contributed by atoms with Gasteiger partial charge in [-0.3, -0.25) is 4.79 Å². The minimum Gasteiger partial charge on any atom is -0.461 e. The maximum absolute atomic E-state index is 12.9. The topological polar surface area (TPSA) is 39.2 Å². The van der Waals surface area contributed by atoms with Gasteiger partial charge in [0.2, 0.25) is 0 Å². The van der Waals surface area contributed by atoms with Crippen LogP contribution in [0.1, 0.15) is 34.2 Å². The van der Waals surface area contributed by atoms with Gasteiger partial charge in [-0.05, 0) is 54.2 Å². The number of ether oxygens (including phenoxy) is 1. The average Bonchev–Trinajstić information content (AvgIpc) is 3.30. The van der Waals surface area contributed by atoms with E-state index in [1.807, 2.05) is 30.0 Å². The molecule has 0 bridgehead atoms. The Morgan fingerprint density at radius 2 is 1.71 bits per heavy atom. The zero-order valence-corrected chi connectivity index (χ0v) is 20.6. The summed E-state index contributed by atoms with van der Waals surface area (Å²) in [6.45, 7) is 0.359. The molecule has 1 aliphatic rings. The van der Waals surface area contributed by atoms with E-state index < -0.39 is 0 Å². The first-order chi connectivity index (χ1) is 16.8. The molecule has 172 valence electrons. The smallest absolute Gasteiger partial charge is 0.313 e.